The molecular formula is C20H30O2. The average Bonchev–Trinajstić information content (AvgIpc) is 3.02. The molecule has 0 N–H and O–H groups in total. The lowest BCUT2D eigenvalue weighted by molar-refractivity contribution is -0.115. The molecular weight excluding hydrogens is 272 g/mol. The van der Waals surface area contributed by atoms with E-state index in [2.05, 4.69) is 40.3 Å². The van der Waals surface area contributed by atoms with Crippen LogP contribution in [0.2, 0.25) is 0 Å². The van der Waals surface area contributed by atoms with Crippen LogP contribution in [-0.2, 0) is 9.53 Å². The summed E-state index contributed by atoms with van der Waals surface area (Å²) in [6.07, 6.45) is 10.1. The van der Waals surface area contributed by atoms with Crippen LogP contribution in [0.5, 0.6) is 0 Å². The number of ketones is 1. The maximum atomic E-state index is 12.2. The molecule has 2 aliphatic rings. The first-order valence-electron chi connectivity index (χ1n) is 8.49. The van der Waals surface area contributed by atoms with Gasteiger partial charge < -0.3 is 4.74 Å². The summed E-state index contributed by atoms with van der Waals surface area (Å²) >= 11 is 0. The highest BCUT2D eigenvalue weighted by Gasteiger charge is 2.53. The minimum atomic E-state index is -0.253. The zero-order valence-corrected chi connectivity index (χ0v) is 14.6. The number of carbonyl (C=O) groups is 1. The smallest absolute Gasteiger partial charge is 0.158 e. The summed E-state index contributed by atoms with van der Waals surface area (Å²) < 4.78 is 5.89. The molecule has 1 aliphatic heterocycles. The average molecular weight is 302 g/mol. The highest BCUT2D eigenvalue weighted by atomic mass is 16.6. The van der Waals surface area contributed by atoms with E-state index in [0.29, 0.717) is 12.3 Å². The van der Waals surface area contributed by atoms with Gasteiger partial charge >= 0.3 is 0 Å². The lowest BCUT2D eigenvalue weighted by Crippen LogP contribution is -2.18. The number of hydrogen-bond donors (Lipinski definition) is 0. The number of fused-ring (bicyclic) bond motifs is 1. The maximum absolute atomic E-state index is 12.2. The van der Waals surface area contributed by atoms with E-state index in [-0.39, 0.29) is 17.5 Å². The number of allylic oxidation sites excluding steroid dienone is 5. The number of rotatable bonds is 1. The van der Waals surface area contributed by atoms with Crippen LogP contribution in [0, 0.1) is 5.92 Å². The van der Waals surface area contributed by atoms with E-state index < -0.39 is 0 Å². The van der Waals surface area contributed by atoms with Gasteiger partial charge in [0.25, 0.3) is 0 Å². The van der Waals surface area contributed by atoms with Crippen LogP contribution in [0.3, 0.4) is 0 Å². The predicted octanol–water partition coefficient (Wildman–Crippen LogP) is 5.15. The Balaban J connectivity index is 2.13. The molecule has 2 heteroatoms. The van der Waals surface area contributed by atoms with Crippen LogP contribution in [0.4, 0.5) is 0 Å². The summed E-state index contributed by atoms with van der Waals surface area (Å²) in [6.45, 7) is 12.6. The second-order valence-corrected chi connectivity index (χ2v) is 7.46. The van der Waals surface area contributed by atoms with Gasteiger partial charge in [-0.2, -0.15) is 0 Å². The highest BCUT2D eigenvalue weighted by Crippen LogP contribution is 2.45. The van der Waals surface area contributed by atoms with Gasteiger partial charge in [-0.05, 0) is 71.8 Å². The summed E-state index contributed by atoms with van der Waals surface area (Å²) in [4.78, 5) is 12.2. The summed E-state index contributed by atoms with van der Waals surface area (Å²) in [5.41, 5.74) is 3.60. The molecule has 22 heavy (non-hydrogen) atoms. The predicted molar refractivity (Wildman–Crippen MR) is 91.8 cm³/mol. The first-order chi connectivity index (χ1) is 10.3. The molecule has 1 heterocycles. The van der Waals surface area contributed by atoms with E-state index >= 15 is 0 Å². The van der Waals surface area contributed by atoms with Crippen molar-refractivity contribution in [1.29, 1.82) is 0 Å². The van der Waals surface area contributed by atoms with Crippen LogP contribution in [0.15, 0.2) is 35.5 Å². The standard InChI is InChI=1S/C20H30O2/c1-14(2)17-10-9-15(3)7-6-8-16(4)11-18(21)13-20(5)19(12-17)22-20/h7,11,17,19H,1,6,8-10,12-13H2,2-5H3/t17-,19-,20-/m1/s1. The number of carbonyl (C=O) groups excluding carboxylic acids is 1. The lowest BCUT2D eigenvalue weighted by atomic mass is 9.86. The van der Waals surface area contributed by atoms with Gasteiger partial charge in [-0.3, -0.25) is 4.79 Å². The van der Waals surface area contributed by atoms with Crippen LogP contribution in [0.25, 0.3) is 0 Å². The Morgan fingerprint density at radius 1 is 1.32 bits per heavy atom. The molecule has 0 amide bonds. The molecule has 0 aromatic rings. The highest BCUT2D eigenvalue weighted by molar-refractivity contribution is 5.91. The van der Waals surface area contributed by atoms with Crippen molar-refractivity contribution in [3.63, 3.8) is 0 Å². The third-order valence-electron chi connectivity index (χ3n) is 5.08. The van der Waals surface area contributed by atoms with Crippen molar-refractivity contribution in [2.24, 2.45) is 5.92 Å². The largest absolute Gasteiger partial charge is 0.366 e. The van der Waals surface area contributed by atoms with E-state index in [0.717, 1.165) is 32.1 Å². The summed E-state index contributed by atoms with van der Waals surface area (Å²) in [5, 5.41) is 0. The summed E-state index contributed by atoms with van der Waals surface area (Å²) in [6, 6.07) is 0. The Morgan fingerprint density at radius 2 is 2.05 bits per heavy atom. The van der Waals surface area contributed by atoms with Crippen molar-refractivity contribution in [2.75, 3.05) is 0 Å². The number of ether oxygens (including phenoxy) is 1. The molecule has 1 saturated heterocycles. The third kappa shape index (κ3) is 4.67. The zero-order chi connectivity index (χ0) is 16.3. The third-order valence-corrected chi connectivity index (χ3v) is 5.08. The first kappa shape index (κ1) is 17.2. The quantitative estimate of drug-likeness (QED) is 0.495. The molecule has 0 saturated carbocycles. The number of hydrogen-bond acceptors (Lipinski definition) is 2. The van der Waals surface area contributed by atoms with E-state index in [4.69, 9.17) is 4.74 Å². The van der Waals surface area contributed by atoms with E-state index in [1.807, 2.05) is 6.08 Å². The molecule has 0 unspecified atom stereocenters. The Hall–Kier alpha value is -1.15. The van der Waals surface area contributed by atoms with Crippen LogP contribution >= 0.6 is 0 Å². The number of epoxide rings is 1. The van der Waals surface area contributed by atoms with Gasteiger partial charge in [-0.25, -0.2) is 0 Å². The SMILES string of the molecule is C=C(C)[C@@H]1CCC(C)=CCCC(C)=CC(=O)C[C@@]2(C)O[C@@H]2C1. The lowest BCUT2D eigenvalue weighted by Gasteiger charge is -2.17. The zero-order valence-electron chi connectivity index (χ0n) is 14.6. The van der Waals surface area contributed by atoms with Gasteiger partial charge in [0.1, 0.15) is 0 Å². The van der Waals surface area contributed by atoms with Gasteiger partial charge in [-0.15, -0.1) is 0 Å². The normalized spacial score (nSPS) is 34.1. The fourth-order valence-electron chi connectivity index (χ4n) is 3.36. The summed E-state index contributed by atoms with van der Waals surface area (Å²) in [7, 11) is 0. The van der Waals surface area contributed by atoms with Crippen molar-refractivity contribution >= 4 is 5.78 Å². The monoisotopic (exact) mass is 302 g/mol. The minimum absolute atomic E-state index is 0.201. The van der Waals surface area contributed by atoms with Gasteiger partial charge in [0.15, 0.2) is 5.78 Å². The summed E-state index contributed by atoms with van der Waals surface area (Å²) in [5.74, 6) is 0.692. The second kappa shape index (κ2) is 6.95. The first-order valence-corrected chi connectivity index (χ1v) is 8.49. The van der Waals surface area contributed by atoms with Crippen molar-refractivity contribution in [3.05, 3.63) is 35.5 Å². The van der Waals surface area contributed by atoms with Gasteiger partial charge in [0, 0.05) is 6.42 Å². The van der Waals surface area contributed by atoms with E-state index in [1.165, 1.54) is 16.7 Å². The fourth-order valence-corrected chi connectivity index (χ4v) is 3.36. The Bertz CT molecular complexity index is 512. The van der Waals surface area contributed by atoms with E-state index in [1.54, 1.807) is 0 Å². The molecule has 0 aromatic heterocycles. The van der Waals surface area contributed by atoms with Crippen molar-refractivity contribution in [1.82, 2.24) is 0 Å². The molecule has 1 aliphatic carbocycles. The second-order valence-electron chi connectivity index (χ2n) is 7.46. The van der Waals surface area contributed by atoms with Crippen LogP contribution < -0.4 is 0 Å². The van der Waals surface area contributed by atoms with E-state index in [9.17, 15) is 4.79 Å². The Morgan fingerprint density at radius 3 is 2.73 bits per heavy atom. The topological polar surface area (TPSA) is 29.6 Å². The maximum Gasteiger partial charge on any atom is 0.158 e. The van der Waals surface area contributed by atoms with Gasteiger partial charge in [0.2, 0.25) is 0 Å². The Labute approximate surface area is 135 Å². The van der Waals surface area contributed by atoms with Crippen LogP contribution in [0.1, 0.15) is 66.2 Å². The fraction of sp³-hybridized carbons (Fsp3) is 0.650. The molecule has 2 nitrogen and oxygen atoms in total. The molecule has 2 rings (SSSR count). The Kier molecular flexibility index (Phi) is 5.44. The molecule has 3 atom stereocenters. The molecule has 0 bridgehead atoms. The van der Waals surface area contributed by atoms with Gasteiger partial charge in [0.05, 0.1) is 11.7 Å². The molecule has 0 aromatic carbocycles. The van der Waals surface area contributed by atoms with Crippen LogP contribution in [-0.4, -0.2) is 17.5 Å². The van der Waals surface area contributed by atoms with Crippen molar-refractivity contribution in [2.45, 2.75) is 77.9 Å². The molecule has 122 valence electrons. The van der Waals surface area contributed by atoms with Crippen molar-refractivity contribution < 1.29 is 9.53 Å². The molecule has 0 radical (unpaired) electrons. The van der Waals surface area contributed by atoms with Gasteiger partial charge in [-0.1, -0.05) is 29.4 Å². The molecule has 0 spiro atoms. The minimum Gasteiger partial charge on any atom is -0.366 e. The van der Waals surface area contributed by atoms with Crippen molar-refractivity contribution in [3.8, 4) is 0 Å². The molecule has 1 fully saturated rings.